The minimum atomic E-state index is 0.165. The summed E-state index contributed by atoms with van der Waals surface area (Å²) in [6, 6.07) is 7.61. The molecule has 2 N–H and O–H groups in total. The smallest absolute Gasteiger partial charge is 0.189 e. The first-order valence-corrected chi connectivity index (χ1v) is 5.56. The zero-order valence-electron chi connectivity index (χ0n) is 10.2. The van der Waals surface area contributed by atoms with Crippen LogP contribution in [0.3, 0.4) is 0 Å². The number of aromatic nitrogens is 1. The summed E-state index contributed by atoms with van der Waals surface area (Å²) in [5.41, 5.74) is 8.06. The van der Waals surface area contributed by atoms with E-state index in [9.17, 15) is 0 Å². The quantitative estimate of drug-likeness (QED) is 0.883. The van der Waals surface area contributed by atoms with Crippen molar-refractivity contribution in [2.45, 2.75) is 26.9 Å². The molecule has 0 aliphatic heterocycles. The molecule has 0 aliphatic rings. The van der Waals surface area contributed by atoms with Gasteiger partial charge in [-0.2, -0.15) is 0 Å². The number of ether oxygens (including phenoxy) is 1. The summed E-state index contributed by atoms with van der Waals surface area (Å²) >= 11 is 0. The SMILES string of the molecule is Cc1noc(-c2ccc(OC(C)C)cc2)c1N. The molecular formula is C13H16N2O2. The average molecular weight is 232 g/mol. The van der Waals surface area contributed by atoms with E-state index in [4.69, 9.17) is 15.0 Å². The fourth-order valence-electron chi connectivity index (χ4n) is 1.54. The first-order chi connectivity index (χ1) is 8.08. The molecule has 0 unspecified atom stereocenters. The van der Waals surface area contributed by atoms with E-state index in [0.717, 1.165) is 11.3 Å². The molecule has 1 aromatic carbocycles. The Morgan fingerprint density at radius 2 is 1.88 bits per heavy atom. The van der Waals surface area contributed by atoms with Crippen LogP contribution in [0.5, 0.6) is 5.75 Å². The van der Waals surface area contributed by atoms with E-state index in [1.807, 2.05) is 45.0 Å². The van der Waals surface area contributed by atoms with Crippen molar-refractivity contribution in [3.8, 4) is 17.1 Å². The van der Waals surface area contributed by atoms with Crippen molar-refractivity contribution in [2.24, 2.45) is 0 Å². The fraction of sp³-hybridized carbons (Fsp3) is 0.308. The highest BCUT2D eigenvalue weighted by Gasteiger charge is 2.11. The number of anilines is 1. The number of hydrogen-bond acceptors (Lipinski definition) is 4. The van der Waals surface area contributed by atoms with E-state index in [1.165, 1.54) is 0 Å². The van der Waals surface area contributed by atoms with E-state index >= 15 is 0 Å². The number of nitrogens with zero attached hydrogens (tertiary/aromatic N) is 1. The first-order valence-electron chi connectivity index (χ1n) is 5.56. The molecule has 0 radical (unpaired) electrons. The summed E-state index contributed by atoms with van der Waals surface area (Å²) in [5, 5.41) is 3.83. The second kappa shape index (κ2) is 4.49. The number of aryl methyl sites for hydroxylation is 1. The summed E-state index contributed by atoms with van der Waals surface area (Å²) in [7, 11) is 0. The van der Waals surface area contributed by atoms with E-state index < -0.39 is 0 Å². The van der Waals surface area contributed by atoms with Gasteiger partial charge in [-0.15, -0.1) is 0 Å². The highest BCUT2D eigenvalue weighted by Crippen LogP contribution is 2.29. The number of nitrogens with two attached hydrogens (primary N) is 1. The lowest BCUT2D eigenvalue weighted by Gasteiger charge is -2.09. The third-order valence-corrected chi connectivity index (χ3v) is 2.40. The van der Waals surface area contributed by atoms with Crippen LogP contribution in [0.25, 0.3) is 11.3 Å². The molecule has 0 fully saturated rings. The summed E-state index contributed by atoms with van der Waals surface area (Å²) in [6.07, 6.45) is 0.165. The van der Waals surface area contributed by atoms with Crippen molar-refractivity contribution in [1.82, 2.24) is 5.16 Å². The minimum Gasteiger partial charge on any atom is -0.491 e. The van der Waals surface area contributed by atoms with Gasteiger partial charge in [-0.05, 0) is 45.0 Å². The number of benzene rings is 1. The van der Waals surface area contributed by atoms with Crippen molar-refractivity contribution in [1.29, 1.82) is 0 Å². The second-order valence-corrected chi connectivity index (χ2v) is 4.20. The maximum atomic E-state index is 5.87. The summed E-state index contributed by atoms with van der Waals surface area (Å²) in [4.78, 5) is 0. The number of hydrogen-bond donors (Lipinski definition) is 1. The van der Waals surface area contributed by atoms with Crippen LogP contribution in [0.1, 0.15) is 19.5 Å². The predicted molar refractivity (Wildman–Crippen MR) is 66.9 cm³/mol. The zero-order chi connectivity index (χ0) is 12.4. The van der Waals surface area contributed by atoms with Gasteiger partial charge in [0.25, 0.3) is 0 Å². The average Bonchev–Trinajstić information content (AvgIpc) is 2.60. The van der Waals surface area contributed by atoms with E-state index in [-0.39, 0.29) is 6.10 Å². The van der Waals surface area contributed by atoms with Gasteiger partial charge in [-0.3, -0.25) is 0 Å². The van der Waals surface area contributed by atoms with E-state index in [1.54, 1.807) is 0 Å². The van der Waals surface area contributed by atoms with Gasteiger partial charge in [-0.1, -0.05) is 5.16 Å². The van der Waals surface area contributed by atoms with Crippen LogP contribution in [0.15, 0.2) is 28.8 Å². The minimum absolute atomic E-state index is 0.165. The van der Waals surface area contributed by atoms with Crippen molar-refractivity contribution in [3.05, 3.63) is 30.0 Å². The van der Waals surface area contributed by atoms with Gasteiger partial charge in [0, 0.05) is 5.56 Å². The maximum absolute atomic E-state index is 5.87. The van der Waals surface area contributed by atoms with Crippen LogP contribution in [0, 0.1) is 6.92 Å². The lowest BCUT2D eigenvalue weighted by atomic mass is 10.1. The lowest BCUT2D eigenvalue weighted by molar-refractivity contribution is 0.242. The highest BCUT2D eigenvalue weighted by atomic mass is 16.5. The fourth-order valence-corrected chi connectivity index (χ4v) is 1.54. The molecule has 0 bridgehead atoms. The lowest BCUT2D eigenvalue weighted by Crippen LogP contribution is -2.05. The van der Waals surface area contributed by atoms with Crippen LogP contribution in [0.4, 0.5) is 5.69 Å². The Kier molecular flexibility index (Phi) is 3.04. The first kappa shape index (κ1) is 11.5. The molecule has 4 nitrogen and oxygen atoms in total. The van der Waals surface area contributed by atoms with Gasteiger partial charge in [0.2, 0.25) is 0 Å². The van der Waals surface area contributed by atoms with Gasteiger partial charge >= 0.3 is 0 Å². The number of rotatable bonds is 3. The molecular weight excluding hydrogens is 216 g/mol. The molecule has 1 aromatic heterocycles. The zero-order valence-corrected chi connectivity index (χ0v) is 10.2. The Morgan fingerprint density at radius 1 is 1.24 bits per heavy atom. The van der Waals surface area contributed by atoms with Gasteiger partial charge in [-0.25, -0.2) is 0 Å². The van der Waals surface area contributed by atoms with Gasteiger partial charge < -0.3 is 15.0 Å². The van der Waals surface area contributed by atoms with Gasteiger partial charge in [0.05, 0.1) is 6.10 Å². The molecule has 0 atom stereocenters. The van der Waals surface area contributed by atoms with Crippen LogP contribution in [-0.4, -0.2) is 11.3 Å². The molecule has 0 amide bonds. The highest BCUT2D eigenvalue weighted by molar-refractivity contribution is 5.72. The van der Waals surface area contributed by atoms with Crippen LogP contribution >= 0.6 is 0 Å². The van der Waals surface area contributed by atoms with Crippen molar-refractivity contribution >= 4 is 5.69 Å². The Bertz CT molecular complexity index is 501. The molecule has 0 spiro atoms. The summed E-state index contributed by atoms with van der Waals surface area (Å²) in [6.45, 7) is 5.80. The van der Waals surface area contributed by atoms with Crippen molar-refractivity contribution < 1.29 is 9.26 Å². The molecule has 0 saturated carbocycles. The molecule has 2 rings (SSSR count). The summed E-state index contributed by atoms with van der Waals surface area (Å²) < 4.78 is 10.7. The third kappa shape index (κ3) is 2.41. The standard InChI is InChI=1S/C13H16N2O2/c1-8(2)16-11-6-4-10(5-7-11)13-12(14)9(3)15-17-13/h4-8H,14H2,1-3H3. The van der Waals surface area contributed by atoms with Gasteiger partial charge in [0.1, 0.15) is 17.1 Å². The molecule has 17 heavy (non-hydrogen) atoms. The largest absolute Gasteiger partial charge is 0.491 e. The maximum Gasteiger partial charge on any atom is 0.189 e. The van der Waals surface area contributed by atoms with E-state index in [2.05, 4.69) is 5.16 Å². The van der Waals surface area contributed by atoms with Crippen LogP contribution in [0.2, 0.25) is 0 Å². The second-order valence-electron chi connectivity index (χ2n) is 4.20. The topological polar surface area (TPSA) is 61.3 Å². The Labute approximate surface area is 100 Å². The predicted octanol–water partition coefficient (Wildman–Crippen LogP) is 3.02. The Balaban J connectivity index is 2.26. The van der Waals surface area contributed by atoms with E-state index in [0.29, 0.717) is 17.1 Å². The van der Waals surface area contributed by atoms with Crippen LogP contribution in [-0.2, 0) is 0 Å². The molecule has 2 aromatic rings. The Morgan fingerprint density at radius 3 is 2.35 bits per heavy atom. The molecule has 1 heterocycles. The summed E-state index contributed by atoms with van der Waals surface area (Å²) in [5.74, 6) is 1.44. The number of nitrogen functional groups attached to an aromatic ring is 1. The van der Waals surface area contributed by atoms with Crippen LogP contribution < -0.4 is 10.5 Å². The molecule has 4 heteroatoms. The van der Waals surface area contributed by atoms with Gasteiger partial charge in [0.15, 0.2) is 5.76 Å². The normalized spacial score (nSPS) is 10.8. The Hall–Kier alpha value is -1.97. The molecule has 0 saturated heterocycles. The van der Waals surface area contributed by atoms with Crippen molar-refractivity contribution in [2.75, 3.05) is 5.73 Å². The molecule has 90 valence electrons. The molecule has 0 aliphatic carbocycles. The third-order valence-electron chi connectivity index (χ3n) is 2.40. The van der Waals surface area contributed by atoms with Crippen molar-refractivity contribution in [3.63, 3.8) is 0 Å². The monoisotopic (exact) mass is 232 g/mol.